The molecule has 0 saturated heterocycles. The van der Waals surface area contributed by atoms with Crippen LogP contribution in [0.15, 0.2) is 36.7 Å². The molecular formula is C16H19N3O3. The maximum Gasteiger partial charge on any atom is 0.354 e. The highest BCUT2D eigenvalue weighted by Gasteiger charge is 2.12. The molecule has 0 aromatic carbocycles. The first-order valence-corrected chi connectivity index (χ1v) is 7.08. The molecule has 2 aromatic rings. The van der Waals surface area contributed by atoms with Crippen LogP contribution in [0.4, 0.5) is 0 Å². The Hall–Kier alpha value is -2.63. The predicted molar refractivity (Wildman–Crippen MR) is 81.9 cm³/mol. The number of hydrogen-bond donors (Lipinski definition) is 2. The molecule has 0 aliphatic carbocycles. The Bertz CT molecular complexity index is 662. The quantitative estimate of drug-likeness (QED) is 0.853. The van der Waals surface area contributed by atoms with Crippen molar-refractivity contribution in [1.29, 1.82) is 0 Å². The van der Waals surface area contributed by atoms with Crippen molar-refractivity contribution >= 4 is 11.9 Å². The maximum absolute atomic E-state index is 12.1. The summed E-state index contributed by atoms with van der Waals surface area (Å²) in [5.41, 5.74) is 1.50. The van der Waals surface area contributed by atoms with E-state index in [-0.39, 0.29) is 17.6 Å². The number of hydrogen-bond acceptors (Lipinski definition) is 3. The Morgan fingerprint density at radius 3 is 2.68 bits per heavy atom. The van der Waals surface area contributed by atoms with Gasteiger partial charge in [-0.15, -0.1) is 0 Å². The molecule has 6 heteroatoms. The standard InChI is InChI=1S/C16H19N3O3/c1-11(5-7-13-4-3-9-19(13)2)18-15(20)12-6-8-14(16(21)22)17-10-12/h3-4,6,8-11H,5,7H2,1-2H3,(H,18,20)(H,21,22)/t11-/m1/s1. The number of carboxylic acid groups (broad SMARTS) is 1. The van der Waals surface area contributed by atoms with Crippen LogP contribution in [0.25, 0.3) is 0 Å². The lowest BCUT2D eigenvalue weighted by atomic mass is 10.1. The smallest absolute Gasteiger partial charge is 0.354 e. The molecular weight excluding hydrogens is 282 g/mol. The van der Waals surface area contributed by atoms with Crippen molar-refractivity contribution in [1.82, 2.24) is 14.9 Å². The fourth-order valence-corrected chi connectivity index (χ4v) is 2.15. The highest BCUT2D eigenvalue weighted by molar-refractivity contribution is 5.95. The summed E-state index contributed by atoms with van der Waals surface area (Å²) in [6.45, 7) is 1.94. The predicted octanol–water partition coefficient (Wildman–Crippen LogP) is 1.87. The van der Waals surface area contributed by atoms with Gasteiger partial charge in [0.1, 0.15) is 5.69 Å². The molecule has 1 atom stereocenters. The van der Waals surface area contributed by atoms with Crippen molar-refractivity contribution in [2.75, 3.05) is 0 Å². The molecule has 22 heavy (non-hydrogen) atoms. The van der Waals surface area contributed by atoms with E-state index in [9.17, 15) is 9.59 Å². The van der Waals surface area contributed by atoms with Crippen LogP contribution in [0.1, 0.15) is 39.9 Å². The number of pyridine rings is 1. The minimum atomic E-state index is -1.11. The first-order chi connectivity index (χ1) is 10.5. The molecule has 0 radical (unpaired) electrons. The largest absolute Gasteiger partial charge is 0.477 e. The molecule has 0 spiro atoms. The third-order valence-electron chi connectivity index (χ3n) is 3.51. The van der Waals surface area contributed by atoms with Crippen molar-refractivity contribution in [3.05, 3.63) is 53.6 Å². The van der Waals surface area contributed by atoms with Gasteiger partial charge in [0.05, 0.1) is 5.56 Å². The summed E-state index contributed by atoms with van der Waals surface area (Å²) in [5.74, 6) is -1.35. The monoisotopic (exact) mass is 301 g/mol. The van der Waals surface area contributed by atoms with Crippen molar-refractivity contribution in [3.63, 3.8) is 0 Å². The van der Waals surface area contributed by atoms with Gasteiger partial charge in [-0.05, 0) is 44.0 Å². The maximum atomic E-state index is 12.1. The van der Waals surface area contributed by atoms with E-state index in [2.05, 4.69) is 20.9 Å². The highest BCUT2D eigenvalue weighted by Crippen LogP contribution is 2.07. The van der Waals surface area contributed by atoms with Gasteiger partial charge in [0.2, 0.25) is 0 Å². The van der Waals surface area contributed by atoms with Crippen LogP contribution in [0.2, 0.25) is 0 Å². The molecule has 1 amide bonds. The van der Waals surface area contributed by atoms with Gasteiger partial charge in [-0.3, -0.25) is 4.79 Å². The van der Waals surface area contributed by atoms with Crippen LogP contribution in [0.3, 0.4) is 0 Å². The van der Waals surface area contributed by atoms with Crippen LogP contribution in [-0.4, -0.2) is 32.6 Å². The van der Waals surface area contributed by atoms with Crippen molar-refractivity contribution in [3.8, 4) is 0 Å². The molecule has 2 heterocycles. The fraction of sp³-hybridized carbons (Fsp3) is 0.312. The van der Waals surface area contributed by atoms with E-state index in [1.54, 1.807) is 0 Å². The lowest BCUT2D eigenvalue weighted by molar-refractivity contribution is 0.0689. The van der Waals surface area contributed by atoms with E-state index < -0.39 is 5.97 Å². The summed E-state index contributed by atoms with van der Waals surface area (Å²) in [4.78, 5) is 26.5. The fourth-order valence-electron chi connectivity index (χ4n) is 2.15. The number of carbonyl (C=O) groups is 2. The number of aromatic carboxylic acids is 1. The molecule has 0 saturated carbocycles. The molecule has 116 valence electrons. The van der Waals surface area contributed by atoms with Gasteiger partial charge in [0, 0.05) is 31.2 Å². The van der Waals surface area contributed by atoms with Gasteiger partial charge in [-0.2, -0.15) is 0 Å². The van der Waals surface area contributed by atoms with E-state index in [1.165, 1.54) is 24.0 Å². The molecule has 6 nitrogen and oxygen atoms in total. The zero-order chi connectivity index (χ0) is 16.1. The van der Waals surface area contributed by atoms with Gasteiger partial charge >= 0.3 is 5.97 Å². The van der Waals surface area contributed by atoms with Gasteiger partial charge in [-0.25, -0.2) is 9.78 Å². The van der Waals surface area contributed by atoms with Crippen molar-refractivity contribution in [2.45, 2.75) is 25.8 Å². The van der Waals surface area contributed by atoms with Gasteiger partial charge in [0.15, 0.2) is 0 Å². The van der Waals surface area contributed by atoms with Gasteiger partial charge in [0.25, 0.3) is 5.91 Å². The molecule has 0 unspecified atom stereocenters. The number of nitrogens with one attached hydrogen (secondary N) is 1. The van der Waals surface area contributed by atoms with E-state index in [4.69, 9.17) is 5.11 Å². The van der Waals surface area contributed by atoms with Gasteiger partial charge in [-0.1, -0.05) is 0 Å². The number of rotatable bonds is 6. The second-order valence-electron chi connectivity index (χ2n) is 5.26. The average molecular weight is 301 g/mol. The average Bonchev–Trinajstić information content (AvgIpc) is 2.90. The summed E-state index contributed by atoms with van der Waals surface area (Å²) < 4.78 is 2.06. The summed E-state index contributed by atoms with van der Waals surface area (Å²) in [5, 5.41) is 11.7. The van der Waals surface area contributed by atoms with E-state index in [1.807, 2.05) is 26.2 Å². The van der Waals surface area contributed by atoms with Crippen LogP contribution in [0.5, 0.6) is 0 Å². The zero-order valence-corrected chi connectivity index (χ0v) is 12.6. The van der Waals surface area contributed by atoms with Crippen molar-refractivity contribution < 1.29 is 14.7 Å². The van der Waals surface area contributed by atoms with Crippen LogP contribution in [0, 0.1) is 0 Å². The first-order valence-electron chi connectivity index (χ1n) is 7.08. The number of carbonyl (C=O) groups excluding carboxylic acids is 1. The number of nitrogens with zero attached hydrogens (tertiary/aromatic N) is 2. The number of carboxylic acids is 1. The van der Waals surface area contributed by atoms with E-state index in [0.29, 0.717) is 5.56 Å². The molecule has 2 rings (SSSR count). The Morgan fingerprint density at radius 1 is 1.36 bits per heavy atom. The second-order valence-corrected chi connectivity index (χ2v) is 5.26. The lowest BCUT2D eigenvalue weighted by Gasteiger charge is -2.14. The normalized spacial score (nSPS) is 11.9. The van der Waals surface area contributed by atoms with Crippen molar-refractivity contribution in [2.24, 2.45) is 7.05 Å². The summed E-state index contributed by atoms with van der Waals surface area (Å²) >= 11 is 0. The number of amides is 1. The van der Waals surface area contributed by atoms with Crippen LogP contribution >= 0.6 is 0 Å². The molecule has 2 aromatic heterocycles. The molecule has 0 aliphatic heterocycles. The van der Waals surface area contributed by atoms with Crippen LogP contribution in [-0.2, 0) is 13.5 Å². The minimum Gasteiger partial charge on any atom is -0.477 e. The number of aromatic nitrogens is 2. The van der Waals surface area contributed by atoms with Gasteiger partial charge < -0.3 is 15.0 Å². The minimum absolute atomic E-state index is 0.0153. The Balaban J connectivity index is 1.88. The Labute approximate surface area is 128 Å². The zero-order valence-electron chi connectivity index (χ0n) is 12.6. The topological polar surface area (TPSA) is 84.2 Å². The summed E-state index contributed by atoms with van der Waals surface area (Å²) in [6.07, 6.45) is 4.97. The third-order valence-corrected chi connectivity index (χ3v) is 3.51. The Kier molecular flexibility index (Phi) is 4.93. The second kappa shape index (κ2) is 6.89. The molecule has 2 N–H and O–H groups in total. The molecule has 0 fully saturated rings. The summed E-state index contributed by atoms with van der Waals surface area (Å²) in [6, 6.07) is 6.86. The summed E-state index contributed by atoms with van der Waals surface area (Å²) in [7, 11) is 1.99. The van der Waals surface area contributed by atoms with Crippen LogP contribution < -0.4 is 5.32 Å². The Morgan fingerprint density at radius 2 is 2.14 bits per heavy atom. The molecule has 0 aliphatic rings. The highest BCUT2D eigenvalue weighted by atomic mass is 16.4. The molecule has 0 bridgehead atoms. The number of aryl methyl sites for hydroxylation is 2. The third kappa shape index (κ3) is 3.94. The first kappa shape index (κ1) is 15.8. The van der Waals surface area contributed by atoms with E-state index >= 15 is 0 Å². The SMILES string of the molecule is C[C@H](CCc1cccn1C)NC(=O)c1ccc(C(=O)O)nc1. The lowest BCUT2D eigenvalue weighted by Crippen LogP contribution is -2.33. The van der Waals surface area contributed by atoms with E-state index in [0.717, 1.165) is 12.8 Å².